The Morgan fingerprint density at radius 2 is 0.662 bits per heavy atom. The van der Waals surface area contributed by atoms with E-state index in [4.69, 9.17) is 56.8 Å². The highest BCUT2D eigenvalue weighted by Crippen LogP contribution is 2.36. The fourth-order valence-electron chi connectivity index (χ4n) is 8.98. The summed E-state index contributed by atoms with van der Waals surface area (Å²) in [5, 5.41) is 179. The Balaban J connectivity index is 1.04. The molecule has 6 fully saturated rings. The van der Waals surface area contributed by atoms with Crippen LogP contribution in [0.2, 0.25) is 0 Å². The third kappa shape index (κ3) is 12.3. The van der Waals surface area contributed by atoms with Crippen molar-refractivity contribution >= 4 is 0 Å². The van der Waals surface area contributed by atoms with Crippen LogP contribution in [0.15, 0.2) is 0 Å². The van der Waals surface area contributed by atoms with Crippen LogP contribution in [0.4, 0.5) is 0 Å². The number of hydrogen-bond acceptors (Lipinski definition) is 29. The van der Waals surface area contributed by atoms with Gasteiger partial charge in [0.15, 0.2) is 37.7 Å². The number of hydrogen-bond donors (Lipinski definition) is 17. The summed E-state index contributed by atoms with van der Waals surface area (Å²) in [5.41, 5.74) is 0. The van der Waals surface area contributed by atoms with Gasteiger partial charge in [0.2, 0.25) is 0 Å². The number of aliphatic hydroxyl groups excluding tert-OH is 17. The van der Waals surface area contributed by atoms with Gasteiger partial charge in [-0.3, -0.25) is 0 Å². The molecule has 0 bridgehead atoms. The first-order valence-electron chi connectivity index (χ1n) is 22.4. The van der Waals surface area contributed by atoms with Gasteiger partial charge in [0.05, 0.1) is 51.8 Å². The maximum Gasteiger partial charge on any atom is 0.187 e. The number of ether oxygens (including phenoxy) is 12. The standard InChI is InChI=1S/C39H68O29/c1-2-3-57-30-12(46)4-20(58-14(30)6-40)64-31-13(47)5-21(59-15(31)7-41)65-32-17(9-43)61-37(27(53)23(32)49)67-34-19(11-45)63-39(29(55)25(34)51)68-35-18(10-44)62-38(28(54)24(35)50)66-33-16(8-42)60-36(56)26(52)22(33)48/h12-56H,2-11H2,1H3. The maximum absolute atomic E-state index is 11.2. The van der Waals surface area contributed by atoms with Crippen molar-refractivity contribution in [1.82, 2.24) is 0 Å². The first kappa shape index (κ1) is 56.1. The molecule has 0 aromatic rings. The zero-order valence-corrected chi connectivity index (χ0v) is 36.7. The lowest BCUT2D eigenvalue weighted by atomic mass is 9.95. The molecular formula is C39H68O29. The van der Waals surface area contributed by atoms with Gasteiger partial charge in [-0.25, -0.2) is 0 Å². The summed E-state index contributed by atoms with van der Waals surface area (Å²) in [7, 11) is 0. The van der Waals surface area contributed by atoms with Crippen molar-refractivity contribution < 1.29 is 144 Å². The number of aliphatic hydroxyl groups is 17. The van der Waals surface area contributed by atoms with E-state index in [1.807, 2.05) is 6.92 Å². The fourth-order valence-corrected chi connectivity index (χ4v) is 8.98. The van der Waals surface area contributed by atoms with Crippen LogP contribution in [0.3, 0.4) is 0 Å². The van der Waals surface area contributed by atoms with Crippen molar-refractivity contribution in [2.45, 2.75) is 198 Å². The monoisotopic (exact) mass is 1000 g/mol. The molecule has 28 unspecified atom stereocenters. The summed E-state index contributed by atoms with van der Waals surface area (Å²) >= 11 is 0. The molecule has 17 N–H and O–H groups in total. The van der Waals surface area contributed by atoms with E-state index in [-0.39, 0.29) is 12.8 Å². The van der Waals surface area contributed by atoms with Crippen molar-refractivity contribution in [2.75, 3.05) is 46.2 Å². The molecule has 398 valence electrons. The molecule has 6 saturated heterocycles. The molecule has 68 heavy (non-hydrogen) atoms. The highest BCUT2D eigenvalue weighted by molar-refractivity contribution is 4.99. The highest BCUT2D eigenvalue weighted by atomic mass is 16.8. The van der Waals surface area contributed by atoms with Gasteiger partial charge in [-0.1, -0.05) is 6.92 Å². The van der Waals surface area contributed by atoms with Gasteiger partial charge in [-0.2, -0.15) is 0 Å². The molecule has 0 saturated carbocycles. The van der Waals surface area contributed by atoms with Crippen molar-refractivity contribution in [1.29, 1.82) is 0 Å². The zero-order valence-electron chi connectivity index (χ0n) is 36.7. The van der Waals surface area contributed by atoms with Crippen molar-refractivity contribution in [2.24, 2.45) is 0 Å². The first-order chi connectivity index (χ1) is 32.4. The summed E-state index contributed by atoms with van der Waals surface area (Å²) in [4.78, 5) is 0. The molecule has 29 heteroatoms. The summed E-state index contributed by atoms with van der Waals surface area (Å²) < 4.78 is 67.8. The maximum atomic E-state index is 11.2. The Kier molecular flexibility index (Phi) is 20.8. The second kappa shape index (κ2) is 25.2. The quantitative estimate of drug-likeness (QED) is 0.0571. The minimum atomic E-state index is -2.12. The Morgan fingerprint density at radius 3 is 1.04 bits per heavy atom. The Labute approximate surface area is 387 Å². The molecule has 29 nitrogen and oxygen atoms in total. The van der Waals surface area contributed by atoms with Crippen LogP contribution in [0.1, 0.15) is 26.2 Å². The van der Waals surface area contributed by atoms with Crippen LogP contribution >= 0.6 is 0 Å². The Bertz CT molecular complexity index is 1490. The predicted octanol–water partition coefficient (Wildman–Crippen LogP) is -10.6. The molecule has 0 aromatic heterocycles. The van der Waals surface area contributed by atoms with Crippen LogP contribution in [0, 0.1) is 0 Å². The summed E-state index contributed by atoms with van der Waals surface area (Å²) in [6, 6.07) is 0. The van der Waals surface area contributed by atoms with Crippen LogP contribution in [-0.2, 0) is 56.8 Å². The molecule has 0 radical (unpaired) electrons. The summed E-state index contributed by atoms with van der Waals surface area (Å²) in [6.07, 6.45) is -46.0. The molecule has 0 amide bonds. The molecule has 28 atom stereocenters. The smallest absolute Gasteiger partial charge is 0.187 e. The average molecular weight is 1000 g/mol. The summed E-state index contributed by atoms with van der Waals surface area (Å²) in [5.74, 6) is 0. The average Bonchev–Trinajstić information content (AvgIpc) is 3.33. The van der Waals surface area contributed by atoms with E-state index < -0.39 is 212 Å². The van der Waals surface area contributed by atoms with Crippen LogP contribution in [0.5, 0.6) is 0 Å². The molecule has 6 aliphatic rings. The molecular weight excluding hydrogens is 932 g/mol. The molecule has 0 spiro atoms. The van der Waals surface area contributed by atoms with Crippen molar-refractivity contribution in [3.05, 3.63) is 0 Å². The predicted molar refractivity (Wildman–Crippen MR) is 210 cm³/mol. The van der Waals surface area contributed by atoms with E-state index >= 15 is 0 Å². The van der Waals surface area contributed by atoms with Crippen LogP contribution in [0.25, 0.3) is 0 Å². The molecule has 6 aliphatic heterocycles. The molecule has 0 aliphatic carbocycles. The Hall–Kier alpha value is -1.16. The SMILES string of the molecule is CCCOC1C(O)CC(OC2C(O)CC(OC3C(CO)OC(OC4C(CO)OC(OC5C(CO)OC(OC6C(CO)OC(O)C(O)C6O)C(O)C5O)C(O)C4O)C(O)C3O)OC2CO)OC1CO. The number of rotatable bonds is 19. The third-order valence-corrected chi connectivity index (χ3v) is 12.7. The zero-order chi connectivity index (χ0) is 49.7. The van der Waals surface area contributed by atoms with Crippen molar-refractivity contribution in [3.8, 4) is 0 Å². The normalized spacial score (nSPS) is 50.6. The van der Waals surface area contributed by atoms with E-state index in [0.717, 1.165) is 0 Å². The minimum absolute atomic E-state index is 0.110. The van der Waals surface area contributed by atoms with Gasteiger partial charge in [0.1, 0.15) is 122 Å². The highest BCUT2D eigenvalue weighted by Gasteiger charge is 2.56. The van der Waals surface area contributed by atoms with Gasteiger partial charge >= 0.3 is 0 Å². The lowest BCUT2D eigenvalue weighted by Crippen LogP contribution is -2.67. The first-order valence-corrected chi connectivity index (χ1v) is 22.4. The minimum Gasteiger partial charge on any atom is -0.394 e. The van der Waals surface area contributed by atoms with E-state index in [1.165, 1.54) is 0 Å². The lowest BCUT2D eigenvalue weighted by Gasteiger charge is -2.49. The third-order valence-electron chi connectivity index (χ3n) is 12.7. The molecule has 6 heterocycles. The lowest BCUT2D eigenvalue weighted by molar-refractivity contribution is -0.391. The van der Waals surface area contributed by atoms with Gasteiger partial charge in [-0.15, -0.1) is 0 Å². The fraction of sp³-hybridized carbons (Fsp3) is 1.00. The van der Waals surface area contributed by atoms with E-state index in [9.17, 15) is 86.8 Å². The van der Waals surface area contributed by atoms with Gasteiger partial charge in [-0.05, 0) is 6.42 Å². The van der Waals surface area contributed by atoms with Crippen LogP contribution < -0.4 is 0 Å². The van der Waals surface area contributed by atoms with Gasteiger partial charge < -0.3 is 144 Å². The largest absolute Gasteiger partial charge is 0.394 e. The molecule has 0 aromatic carbocycles. The second-order valence-corrected chi connectivity index (χ2v) is 17.4. The van der Waals surface area contributed by atoms with Crippen molar-refractivity contribution in [3.63, 3.8) is 0 Å². The van der Waals surface area contributed by atoms with E-state index in [0.29, 0.717) is 13.0 Å². The topological polar surface area (TPSA) is 455 Å². The van der Waals surface area contributed by atoms with Gasteiger partial charge in [0.25, 0.3) is 0 Å². The van der Waals surface area contributed by atoms with Crippen LogP contribution in [-0.4, -0.2) is 305 Å². The van der Waals surface area contributed by atoms with E-state index in [2.05, 4.69) is 0 Å². The second-order valence-electron chi connectivity index (χ2n) is 17.4. The summed E-state index contributed by atoms with van der Waals surface area (Å²) in [6.45, 7) is -2.72. The molecule has 6 rings (SSSR count). The van der Waals surface area contributed by atoms with Gasteiger partial charge in [0, 0.05) is 19.4 Å². The Morgan fingerprint density at radius 1 is 0.353 bits per heavy atom. The van der Waals surface area contributed by atoms with E-state index in [1.54, 1.807) is 0 Å².